The van der Waals surface area contributed by atoms with E-state index in [-0.39, 0.29) is 0 Å². The van der Waals surface area contributed by atoms with Gasteiger partial charge in [0.25, 0.3) is 0 Å². The molecule has 16 heavy (non-hydrogen) atoms. The van der Waals surface area contributed by atoms with Crippen molar-refractivity contribution < 1.29 is 22.6 Å². The van der Waals surface area contributed by atoms with Crippen LogP contribution in [0.5, 0.6) is 0 Å². The van der Waals surface area contributed by atoms with E-state index in [1.165, 1.54) is 4.90 Å². The largest absolute Gasteiger partial charge is 0.406 e. The van der Waals surface area contributed by atoms with Gasteiger partial charge < -0.3 is 9.47 Å². The molecule has 0 aromatic carbocycles. The van der Waals surface area contributed by atoms with E-state index in [1.54, 1.807) is 0 Å². The Hall–Kier alpha value is -0.330. The molecule has 2 atom stereocenters. The third-order valence-corrected chi connectivity index (χ3v) is 3.09. The summed E-state index contributed by atoms with van der Waals surface area (Å²) in [5.41, 5.74) is 0. The molecule has 0 spiro atoms. The predicted molar refractivity (Wildman–Crippen MR) is 51.2 cm³/mol. The average Bonchev–Trinajstić information content (AvgIpc) is 2.71. The van der Waals surface area contributed by atoms with Crippen LogP contribution in [-0.2, 0) is 9.47 Å². The van der Waals surface area contributed by atoms with Crippen LogP contribution in [-0.4, -0.2) is 56.1 Å². The maximum Gasteiger partial charge on any atom is 0.406 e. The number of halogens is 3. The minimum absolute atomic E-state index is 0.337. The van der Waals surface area contributed by atoms with E-state index in [4.69, 9.17) is 9.47 Å². The fourth-order valence-electron chi connectivity index (χ4n) is 2.36. The number of morpholine rings is 1. The molecule has 0 saturated carbocycles. The first-order valence-corrected chi connectivity index (χ1v) is 5.59. The topological polar surface area (TPSA) is 21.7 Å². The zero-order valence-corrected chi connectivity index (χ0v) is 9.00. The van der Waals surface area contributed by atoms with Gasteiger partial charge in [0.2, 0.25) is 0 Å². The quantitative estimate of drug-likeness (QED) is 0.727. The van der Waals surface area contributed by atoms with Gasteiger partial charge in [-0.1, -0.05) is 0 Å². The van der Waals surface area contributed by atoms with Gasteiger partial charge >= 0.3 is 6.18 Å². The Morgan fingerprint density at radius 1 is 1.12 bits per heavy atom. The van der Waals surface area contributed by atoms with E-state index in [2.05, 4.69) is 0 Å². The lowest BCUT2D eigenvalue weighted by molar-refractivity contribution is -0.216. The van der Waals surface area contributed by atoms with Crippen molar-refractivity contribution in [3.05, 3.63) is 0 Å². The van der Waals surface area contributed by atoms with E-state index in [1.807, 2.05) is 0 Å². The lowest BCUT2D eigenvalue weighted by Gasteiger charge is -2.38. The van der Waals surface area contributed by atoms with E-state index in [0.29, 0.717) is 39.3 Å². The Labute approximate surface area is 92.5 Å². The molecule has 2 rings (SSSR count). The van der Waals surface area contributed by atoms with Gasteiger partial charge in [-0.05, 0) is 12.8 Å². The molecule has 2 aliphatic rings. The maximum atomic E-state index is 13.0. The highest BCUT2D eigenvalue weighted by Crippen LogP contribution is 2.33. The minimum atomic E-state index is -4.22. The molecule has 6 heteroatoms. The number of alkyl halides is 3. The van der Waals surface area contributed by atoms with Crippen LogP contribution in [0.1, 0.15) is 12.8 Å². The molecule has 0 amide bonds. The number of ether oxygens (including phenoxy) is 2. The van der Waals surface area contributed by atoms with Crippen molar-refractivity contribution >= 4 is 0 Å². The molecule has 94 valence electrons. The number of hydrogen-bond acceptors (Lipinski definition) is 3. The third-order valence-electron chi connectivity index (χ3n) is 3.09. The van der Waals surface area contributed by atoms with E-state index in [9.17, 15) is 13.2 Å². The highest BCUT2D eigenvalue weighted by atomic mass is 19.4. The Bertz CT molecular complexity index is 223. The van der Waals surface area contributed by atoms with Gasteiger partial charge in [-0.15, -0.1) is 0 Å². The Kier molecular flexibility index (Phi) is 3.71. The van der Waals surface area contributed by atoms with E-state index >= 15 is 0 Å². The minimum Gasteiger partial charge on any atom is -0.379 e. The first-order chi connectivity index (χ1) is 7.59. The first-order valence-electron chi connectivity index (χ1n) is 5.59. The summed E-state index contributed by atoms with van der Waals surface area (Å²) in [4.78, 5) is 1.44. The molecular weight excluding hydrogens is 223 g/mol. The van der Waals surface area contributed by atoms with Crippen LogP contribution < -0.4 is 0 Å². The Morgan fingerprint density at radius 3 is 2.31 bits per heavy atom. The van der Waals surface area contributed by atoms with E-state index < -0.39 is 18.3 Å². The normalized spacial score (nSPS) is 30.6. The average molecular weight is 239 g/mol. The summed E-state index contributed by atoms with van der Waals surface area (Å²) >= 11 is 0. The summed E-state index contributed by atoms with van der Waals surface area (Å²) in [5.74, 6) is 0. The summed E-state index contributed by atoms with van der Waals surface area (Å²) in [6.07, 6.45) is -3.69. The zero-order chi connectivity index (χ0) is 11.6. The first kappa shape index (κ1) is 12.1. The molecule has 2 saturated heterocycles. The standard InChI is InChI=1S/C10H16F3NO2/c11-10(12,13)9(8-2-1-5-16-8)14-3-6-15-7-4-14/h8-9H,1-7H2. The summed E-state index contributed by atoms with van der Waals surface area (Å²) in [6.45, 7) is 1.87. The van der Waals surface area contributed by atoms with Gasteiger partial charge in [-0.25, -0.2) is 0 Å². The highest BCUT2D eigenvalue weighted by Gasteiger charge is 2.49. The monoisotopic (exact) mass is 239 g/mol. The molecule has 2 aliphatic heterocycles. The molecule has 0 aliphatic carbocycles. The van der Waals surface area contributed by atoms with Crippen LogP contribution in [0.25, 0.3) is 0 Å². The van der Waals surface area contributed by atoms with Gasteiger partial charge in [0.15, 0.2) is 0 Å². The molecule has 2 unspecified atom stereocenters. The summed E-state index contributed by atoms with van der Waals surface area (Å²) in [5, 5.41) is 0. The SMILES string of the molecule is FC(F)(F)C(C1CCCO1)N1CCOCC1. The highest BCUT2D eigenvalue weighted by molar-refractivity contribution is 4.89. The summed E-state index contributed by atoms with van der Waals surface area (Å²) in [6, 6.07) is -1.46. The Morgan fingerprint density at radius 2 is 1.81 bits per heavy atom. The van der Waals surface area contributed by atoms with Gasteiger partial charge in [0, 0.05) is 19.7 Å². The molecule has 0 N–H and O–H groups in total. The van der Waals surface area contributed by atoms with Crippen LogP contribution in [0, 0.1) is 0 Å². The molecule has 0 aromatic heterocycles. The van der Waals surface area contributed by atoms with Gasteiger partial charge in [0.1, 0.15) is 6.04 Å². The van der Waals surface area contributed by atoms with Crippen molar-refractivity contribution in [3.8, 4) is 0 Å². The van der Waals surface area contributed by atoms with Crippen molar-refractivity contribution in [2.45, 2.75) is 31.2 Å². The fourth-order valence-corrected chi connectivity index (χ4v) is 2.36. The molecule has 0 aromatic rings. The van der Waals surface area contributed by atoms with Crippen LogP contribution in [0.4, 0.5) is 13.2 Å². The van der Waals surface area contributed by atoms with E-state index in [0.717, 1.165) is 6.42 Å². The van der Waals surface area contributed by atoms with Gasteiger partial charge in [0.05, 0.1) is 19.3 Å². The lowest BCUT2D eigenvalue weighted by atomic mass is 10.1. The smallest absolute Gasteiger partial charge is 0.379 e. The van der Waals surface area contributed by atoms with Gasteiger partial charge in [-0.2, -0.15) is 13.2 Å². The van der Waals surface area contributed by atoms with Crippen molar-refractivity contribution in [3.63, 3.8) is 0 Å². The number of hydrogen-bond donors (Lipinski definition) is 0. The second-order valence-electron chi connectivity index (χ2n) is 4.19. The van der Waals surface area contributed by atoms with Gasteiger partial charge in [-0.3, -0.25) is 4.90 Å². The van der Waals surface area contributed by atoms with Crippen molar-refractivity contribution in [2.24, 2.45) is 0 Å². The maximum absolute atomic E-state index is 13.0. The molecular formula is C10H16F3NO2. The van der Waals surface area contributed by atoms with Crippen LogP contribution in [0.2, 0.25) is 0 Å². The fraction of sp³-hybridized carbons (Fsp3) is 1.00. The molecule has 2 heterocycles. The zero-order valence-electron chi connectivity index (χ0n) is 9.00. The van der Waals surface area contributed by atoms with Crippen molar-refractivity contribution in [1.29, 1.82) is 0 Å². The van der Waals surface area contributed by atoms with Crippen LogP contribution in [0.15, 0.2) is 0 Å². The number of nitrogens with zero attached hydrogens (tertiary/aromatic N) is 1. The lowest BCUT2D eigenvalue weighted by Crippen LogP contribution is -2.56. The van der Waals surface area contributed by atoms with Crippen molar-refractivity contribution in [1.82, 2.24) is 4.90 Å². The molecule has 3 nitrogen and oxygen atoms in total. The summed E-state index contributed by atoms with van der Waals surface area (Å²) in [7, 11) is 0. The number of rotatable bonds is 2. The third kappa shape index (κ3) is 2.67. The predicted octanol–water partition coefficient (Wildman–Crippen LogP) is 1.43. The summed E-state index contributed by atoms with van der Waals surface area (Å²) < 4.78 is 49.2. The molecule has 0 bridgehead atoms. The molecule has 2 fully saturated rings. The second-order valence-corrected chi connectivity index (χ2v) is 4.19. The van der Waals surface area contributed by atoms with Crippen molar-refractivity contribution in [2.75, 3.05) is 32.9 Å². The molecule has 0 radical (unpaired) electrons. The van der Waals surface area contributed by atoms with Crippen LogP contribution in [0.3, 0.4) is 0 Å². The second kappa shape index (κ2) is 4.89. The Balaban J connectivity index is 2.06. The van der Waals surface area contributed by atoms with Crippen LogP contribution >= 0.6 is 0 Å².